The first-order valence-corrected chi connectivity index (χ1v) is 9.31. The number of benzene rings is 1. The molecule has 144 valence electrons. The molecule has 6 heteroatoms. The molecule has 3 rings (SSSR count). The number of aromatic nitrogens is 1. The fourth-order valence-electron chi connectivity index (χ4n) is 3.55. The molecule has 1 aromatic heterocycles. The first-order chi connectivity index (χ1) is 12.9. The van der Waals surface area contributed by atoms with Gasteiger partial charge in [-0.05, 0) is 44.0 Å². The minimum absolute atomic E-state index is 0.0237. The van der Waals surface area contributed by atoms with Gasteiger partial charge in [0, 0.05) is 44.6 Å². The van der Waals surface area contributed by atoms with Crippen LogP contribution < -0.4 is 0 Å². The number of hydrogen-bond donors (Lipinski definition) is 0. The number of rotatable bonds is 3. The van der Waals surface area contributed by atoms with Gasteiger partial charge in [0.25, 0.3) is 5.91 Å². The van der Waals surface area contributed by atoms with E-state index in [-0.39, 0.29) is 24.1 Å². The molecule has 0 saturated carbocycles. The van der Waals surface area contributed by atoms with Crippen molar-refractivity contribution in [1.29, 1.82) is 0 Å². The molecular formula is C21H26FN3O2. The number of nitrogens with zero attached hydrogens (tertiary/aromatic N) is 3. The van der Waals surface area contributed by atoms with Crippen molar-refractivity contribution in [1.82, 2.24) is 14.4 Å². The summed E-state index contributed by atoms with van der Waals surface area (Å²) in [4.78, 5) is 29.1. The Kier molecular flexibility index (Phi) is 5.63. The maximum absolute atomic E-state index is 13.3. The molecule has 1 aromatic carbocycles. The van der Waals surface area contributed by atoms with Crippen LogP contribution in [0.2, 0.25) is 0 Å². The topological polar surface area (TPSA) is 45.6 Å². The van der Waals surface area contributed by atoms with Crippen LogP contribution in [0.5, 0.6) is 0 Å². The number of carbonyl (C=O) groups excluding carboxylic acids is 2. The third kappa shape index (κ3) is 4.21. The molecule has 27 heavy (non-hydrogen) atoms. The van der Waals surface area contributed by atoms with Gasteiger partial charge < -0.3 is 14.4 Å². The van der Waals surface area contributed by atoms with Crippen molar-refractivity contribution in [2.75, 3.05) is 26.2 Å². The molecule has 0 spiro atoms. The van der Waals surface area contributed by atoms with Crippen molar-refractivity contribution in [2.45, 2.75) is 26.7 Å². The van der Waals surface area contributed by atoms with Gasteiger partial charge >= 0.3 is 0 Å². The summed E-state index contributed by atoms with van der Waals surface area (Å²) in [5.41, 5.74) is 3.42. The van der Waals surface area contributed by atoms with E-state index in [2.05, 4.69) is 0 Å². The lowest BCUT2D eigenvalue weighted by Crippen LogP contribution is -2.38. The van der Waals surface area contributed by atoms with E-state index in [1.807, 2.05) is 36.4 Å². The molecule has 1 aliphatic rings. The van der Waals surface area contributed by atoms with Crippen molar-refractivity contribution in [3.63, 3.8) is 0 Å². The van der Waals surface area contributed by atoms with Crippen LogP contribution >= 0.6 is 0 Å². The molecule has 0 atom stereocenters. The van der Waals surface area contributed by atoms with E-state index in [0.717, 1.165) is 23.4 Å². The molecule has 0 unspecified atom stereocenters. The Labute approximate surface area is 159 Å². The van der Waals surface area contributed by atoms with Gasteiger partial charge in [-0.1, -0.05) is 12.1 Å². The van der Waals surface area contributed by atoms with Crippen LogP contribution in [0.1, 0.15) is 33.7 Å². The molecule has 0 aliphatic carbocycles. The highest BCUT2D eigenvalue weighted by atomic mass is 19.1. The monoisotopic (exact) mass is 371 g/mol. The largest absolute Gasteiger partial charge is 0.351 e. The highest BCUT2D eigenvalue weighted by Gasteiger charge is 2.25. The average molecular weight is 371 g/mol. The Bertz CT molecular complexity index is 859. The number of amides is 2. The van der Waals surface area contributed by atoms with Crippen LogP contribution in [0.15, 0.2) is 30.3 Å². The molecule has 1 aliphatic heterocycles. The second kappa shape index (κ2) is 7.94. The number of aryl methyl sites for hydroxylation is 1. The fourth-order valence-corrected chi connectivity index (χ4v) is 3.55. The van der Waals surface area contributed by atoms with Crippen LogP contribution in [-0.2, 0) is 18.3 Å². The average Bonchev–Trinajstić information content (AvgIpc) is 2.83. The summed E-state index contributed by atoms with van der Waals surface area (Å²) in [5.74, 6) is -0.335. The summed E-state index contributed by atoms with van der Waals surface area (Å²) < 4.78 is 15.3. The molecule has 2 aromatic rings. The van der Waals surface area contributed by atoms with E-state index in [0.29, 0.717) is 31.7 Å². The maximum Gasteiger partial charge on any atom is 0.255 e. The highest BCUT2D eigenvalue weighted by molar-refractivity contribution is 5.95. The van der Waals surface area contributed by atoms with Gasteiger partial charge in [0.1, 0.15) is 5.82 Å². The Morgan fingerprint density at radius 2 is 1.74 bits per heavy atom. The van der Waals surface area contributed by atoms with Gasteiger partial charge in [-0.25, -0.2) is 4.39 Å². The second-order valence-electron chi connectivity index (χ2n) is 7.18. The first-order valence-electron chi connectivity index (χ1n) is 9.31. The van der Waals surface area contributed by atoms with E-state index >= 15 is 0 Å². The quantitative estimate of drug-likeness (QED) is 0.833. The van der Waals surface area contributed by atoms with E-state index in [1.165, 1.54) is 12.1 Å². The van der Waals surface area contributed by atoms with Gasteiger partial charge in [0.2, 0.25) is 5.91 Å². The van der Waals surface area contributed by atoms with E-state index < -0.39 is 0 Å². The van der Waals surface area contributed by atoms with Crippen LogP contribution in [-0.4, -0.2) is 52.4 Å². The molecule has 5 nitrogen and oxygen atoms in total. The van der Waals surface area contributed by atoms with Gasteiger partial charge in [-0.2, -0.15) is 0 Å². The number of carbonyl (C=O) groups is 2. The van der Waals surface area contributed by atoms with Gasteiger partial charge in [0.05, 0.1) is 12.0 Å². The second-order valence-corrected chi connectivity index (χ2v) is 7.18. The van der Waals surface area contributed by atoms with Crippen molar-refractivity contribution in [3.8, 4) is 0 Å². The predicted octanol–water partition coefficient (Wildman–Crippen LogP) is 2.70. The van der Waals surface area contributed by atoms with Crippen molar-refractivity contribution in [3.05, 3.63) is 58.7 Å². The van der Waals surface area contributed by atoms with Gasteiger partial charge in [0.15, 0.2) is 0 Å². The zero-order valence-electron chi connectivity index (χ0n) is 16.2. The molecule has 0 radical (unpaired) electrons. The number of halogens is 1. The zero-order valence-corrected chi connectivity index (χ0v) is 16.2. The van der Waals surface area contributed by atoms with Crippen LogP contribution in [0.3, 0.4) is 0 Å². The third-order valence-electron chi connectivity index (χ3n) is 5.39. The van der Waals surface area contributed by atoms with E-state index in [9.17, 15) is 14.0 Å². The number of hydrogen-bond acceptors (Lipinski definition) is 2. The Morgan fingerprint density at radius 1 is 1.04 bits per heavy atom. The zero-order chi connectivity index (χ0) is 19.6. The summed E-state index contributed by atoms with van der Waals surface area (Å²) >= 11 is 0. The van der Waals surface area contributed by atoms with Crippen molar-refractivity contribution in [2.24, 2.45) is 7.05 Å². The van der Waals surface area contributed by atoms with Crippen molar-refractivity contribution < 1.29 is 14.0 Å². The maximum atomic E-state index is 13.3. The predicted molar refractivity (Wildman–Crippen MR) is 102 cm³/mol. The van der Waals surface area contributed by atoms with Crippen LogP contribution in [0.25, 0.3) is 0 Å². The fraction of sp³-hybridized carbons (Fsp3) is 0.429. The smallest absolute Gasteiger partial charge is 0.255 e. The minimum atomic E-state index is -0.332. The lowest BCUT2D eigenvalue weighted by atomic mass is 10.1. The Hall–Kier alpha value is -2.63. The first kappa shape index (κ1) is 19.1. The molecule has 0 bridgehead atoms. The molecule has 2 heterocycles. The molecule has 2 amide bonds. The normalized spacial score (nSPS) is 15.0. The minimum Gasteiger partial charge on any atom is -0.351 e. The highest BCUT2D eigenvalue weighted by Crippen LogP contribution is 2.17. The summed E-state index contributed by atoms with van der Waals surface area (Å²) in [6, 6.07) is 8.07. The van der Waals surface area contributed by atoms with E-state index in [4.69, 9.17) is 0 Å². The van der Waals surface area contributed by atoms with Gasteiger partial charge in [-0.3, -0.25) is 9.59 Å². The van der Waals surface area contributed by atoms with Gasteiger partial charge in [-0.15, -0.1) is 0 Å². The van der Waals surface area contributed by atoms with Crippen LogP contribution in [0, 0.1) is 19.7 Å². The third-order valence-corrected chi connectivity index (χ3v) is 5.39. The lowest BCUT2D eigenvalue weighted by molar-refractivity contribution is -0.130. The van der Waals surface area contributed by atoms with Crippen LogP contribution in [0.4, 0.5) is 4.39 Å². The Morgan fingerprint density at radius 3 is 2.41 bits per heavy atom. The van der Waals surface area contributed by atoms with Crippen molar-refractivity contribution >= 4 is 11.8 Å². The molecule has 1 fully saturated rings. The lowest BCUT2D eigenvalue weighted by Gasteiger charge is -2.22. The summed E-state index contributed by atoms with van der Waals surface area (Å²) in [7, 11) is 1.96. The summed E-state index contributed by atoms with van der Waals surface area (Å²) in [6.07, 6.45) is 0.925. The van der Waals surface area contributed by atoms with E-state index in [1.54, 1.807) is 17.0 Å². The standard InChI is InChI=1S/C21H26FN3O2/c1-15-12-19(16(2)23(15)3)21(27)25-9-5-8-24(10-11-25)20(26)14-17-6-4-7-18(22)13-17/h4,6-7,12-13H,5,8-11,14H2,1-3H3. The Balaban J connectivity index is 1.63. The summed E-state index contributed by atoms with van der Waals surface area (Å²) in [6.45, 7) is 6.21. The molecular weight excluding hydrogens is 345 g/mol. The molecule has 0 N–H and O–H groups in total. The molecule has 1 saturated heterocycles. The summed E-state index contributed by atoms with van der Waals surface area (Å²) in [5, 5.41) is 0. The SMILES string of the molecule is Cc1cc(C(=O)N2CCCN(C(=O)Cc3cccc(F)c3)CC2)c(C)n1C.